The molecular formula is C11H19N3O4. The monoisotopic (exact) mass is 257 g/mol. The van der Waals surface area contributed by atoms with E-state index in [0.717, 1.165) is 12.8 Å². The molecule has 0 aliphatic carbocycles. The van der Waals surface area contributed by atoms with E-state index in [9.17, 15) is 14.4 Å². The molecule has 0 spiro atoms. The van der Waals surface area contributed by atoms with Crippen LogP contribution in [0.25, 0.3) is 0 Å². The average Bonchev–Trinajstić information content (AvgIpc) is 2.75. The van der Waals surface area contributed by atoms with Crippen LogP contribution in [-0.2, 0) is 9.59 Å². The lowest BCUT2D eigenvalue weighted by Gasteiger charge is -2.20. The van der Waals surface area contributed by atoms with Crippen LogP contribution < -0.4 is 11.1 Å². The van der Waals surface area contributed by atoms with Crippen molar-refractivity contribution in [3.8, 4) is 0 Å². The number of carbonyl (C=O) groups excluding carboxylic acids is 2. The second-order valence-corrected chi connectivity index (χ2v) is 4.52. The second kappa shape index (κ2) is 6.23. The first kappa shape index (κ1) is 14.3. The Morgan fingerprint density at radius 3 is 2.61 bits per heavy atom. The number of likely N-dealkylation sites (tertiary alicyclic amines) is 1. The van der Waals surface area contributed by atoms with Gasteiger partial charge in [-0.3, -0.25) is 4.79 Å². The first-order chi connectivity index (χ1) is 8.43. The maximum absolute atomic E-state index is 11.8. The molecule has 2 unspecified atom stereocenters. The summed E-state index contributed by atoms with van der Waals surface area (Å²) < 4.78 is 0. The zero-order valence-corrected chi connectivity index (χ0v) is 10.4. The molecule has 3 amide bonds. The van der Waals surface area contributed by atoms with Crippen molar-refractivity contribution in [1.82, 2.24) is 10.2 Å². The number of primary amides is 1. The number of carboxylic acid groups (broad SMARTS) is 1. The van der Waals surface area contributed by atoms with Crippen LogP contribution in [0.4, 0.5) is 4.79 Å². The summed E-state index contributed by atoms with van der Waals surface area (Å²) in [6.07, 6.45) is 1.52. The van der Waals surface area contributed by atoms with Crippen molar-refractivity contribution < 1.29 is 19.5 Å². The summed E-state index contributed by atoms with van der Waals surface area (Å²) in [5.41, 5.74) is 4.94. The van der Waals surface area contributed by atoms with Gasteiger partial charge in [0.05, 0.1) is 6.42 Å². The summed E-state index contributed by atoms with van der Waals surface area (Å²) >= 11 is 0. The highest BCUT2D eigenvalue weighted by atomic mass is 16.4. The molecule has 4 N–H and O–H groups in total. The first-order valence-corrected chi connectivity index (χ1v) is 6.00. The van der Waals surface area contributed by atoms with Gasteiger partial charge >= 0.3 is 12.0 Å². The minimum atomic E-state index is -1.26. The molecule has 1 aliphatic rings. The number of urea groups is 1. The maximum atomic E-state index is 11.8. The molecule has 102 valence electrons. The third-order valence-corrected chi connectivity index (χ3v) is 3.15. The number of hydrogen-bond acceptors (Lipinski definition) is 3. The van der Waals surface area contributed by atoms with E-state index in [4.69, 9.17) is 10.8 Å². The number of carbonyl (C=O) groups is 3. The Kier molecular flexibility index (Phi) is 4.94. The number of nitrogens with one attached hydrogen (secondary N) is 1. The van der Waals surface area contributed by atoms with E-state index in [1.165, 1.54) is 0 Å². The molecular weight excluding hydrogens is 238 g/mol. The first-order valence-electron chi connectivity index (χ1n) is 6.00. The number of amides is 3. The Morgan fingerprint density at radius 1 is 1.50 bits per heavy atom. The fraction of sp³-hybridized carbons (Fsp3) is 0.727. The molecule has 0 aromatic carbocycles. The summed E-state index contributed by atoms with van der Waals surface area (Å²) in [5, 5.41) is 11.2. The van der Waals surface area contributed by atoms with E-state index >= 15 is 0 Å². The molecule has 7 heteroatoms. The SMILES string of the molecule is CCC1CCN(C(=O)NC(CC(N)=O)C(=O)O)C1. The van der Waals surface area contributed by atoms with Gasteiger partial charge in [0.15, 0.2) is 0 Å². The standard InChI is InChI=1S/C11H19N3O4/c1-2-7-3-4-14(6-7)11(18)13-8(10(16)17)5-9(12)15/h7-8H,2-6H2,1H3,(H2,12,15)(H,13,18)(H,16,17). The second-order valence-electron chi connectivity index (χ2n) is 4.52. The summed E-state index contributed by atoms with van der Waals surface area (Å²) in [4.78, 5) is 35.0. The Hall–Kier alpha value is -1.79. The predicted molar refractivity (Wildman–Crippen MR) is 63.7 cm³/mol. The van der Waals surface area contributed by atoms with E-state index in [1.54, 1.807) is 4.90 Å². The Bertz CT molecular complexity index is 345. The highest BCUT2D eigenvalue weighted by Crippen LogP contribution is 2.18. The van der Waals surface area contributed by atoms with Crippen molar-refractivity contribution in [3.63, 3.8) is 0 Å². The molecule has 1 aliphatic heterocycles. The average molecular weight is 257 g/mol. The largest absolute Gasteiger partial charge is 0.480 e. The zero-order valence-electron chi connectivity index (χ0n) is 10.4. The normalized spacial score (nSPS) is 20.5. The van der Waals surface area contributed by atoms with Gasteiger partial charge in [0.1, 0.15) is 6.04 Å². The lowest BCUT2D eigenvalue weighted by atomic mass is 10.1. The van der Waals surface area contributed by atoms with Gasteiger partial charge in [-0.15, -0.1) is 0 Å². The molecule has 7 nitrogen and oxygen atoms in total. The van der Waals surface area contributed by atoms with Gasteiger partial charge < -0.3 is 21.1 Å². The van der Waals surface area contributed by atoms with E-state index < -0.39 is 30.4 Å². The molecule has 0 bridgehead atoms. The summed E-state index contributed by atoms with van der Waals surface area (Å²) in [6.45, 7) is 3.30. The van der Waals surface area contributed by atoms with Crippen molar-refractivity contribution in [3.05, 3.63) is 0 Å². The highest BCUT2D eigenvalue weighted by Gasteiger charge is 2.29. The van der Waals surface area contributed by atoms with E-state index in [-0.39, 0.29) is 0 Å². The number of aliphatic carboxylic acids is 1. The lowest BCUT2D eigenvalue weighted by molar-refractivity contribution is -0.140. The molecule has 0 saturated carbocycles. The number of carboxylic acids is 1. The van der Waals surface area contributed by atoms with Crippen molar-refractivity contribution >= 4 is 17.9 Å². The van der Waals surface area contributed by atoms with E-state index in [2.05, 4.69) is 12.2 Å². The Labute approximate surface area is 105 Å². The lowest BCUT2D eigenvalue weighted by Crippen LogP contribution is -2.48. The van der Waals surface area contributed by atoms with Crippen LogP contribution in [0.5, 0.6) is 0 Å². The van der Waals surface area contributed by atoms with Crippen LogP contribution in [0.1, 0.15) is 26.2 Å². The van der Waals surface area contributed by atoms with Crippen LogP contribution in [0, 0.1) is 5.92 Å². The van der Waals surface area contributed by atoms with E-state index in [0.29, 0.717) is 19.0 Å². The van der Waals surface area contributed by atoms with Gasteiger partial charge in [0, 0.05) is 13.1 Å². The summed E-state index contributed by atoms with van der Waals surface area (Å²) in [7, 11) is 0. The maximum Gasteiger partial charge on any atom is 0.326 e. The zero-order chi connectivity index (χ0) is 13.7. The third-order valence-electron chi connectivity index (χ3n) is 3.15. The molecule has 0 aromatic rings. The van der Waals surface area contributed by atoms with Crippen LogP contribution >= 0.6 is 0 Å². The van der Waals surface area contributed by atoms with Gasteiger partial charge in [-0.1, -0.05) is 13.3 Å². The summed E-state index contributed by atoms with van der Waals surface area (Å²) in [6, 6.07) is -1.70. The van der Waals surface area contributed by atoms with E-state index in [1.807, 2.05) is 0 Å². The minimum Gasteiger partial charge on any atom is -0.480 e. The quantitative estimate of drug-likeness (QED) is 0.630. The van der Waals surface area contributed by atoms with Crippen LogP contribution in [0.15, 0.2) is 0 Å². The fourth-order valence-electron chi connectivity index (χ4n) is 1.99. The smallest absolute Gasteiger partial charge is 0.326 e. The van der Waals surface area contributed by atoms with Crippen LogP contribution in [0.2, 0.25) is 0 Å². The van der Waals surface area contributed by atoms with Crippen molar-refractivity contribution in [2.45, 2.75) is 32.2 Å². The van der Waals surface area contributed by atoms with Gasteiger partial charge in [0.2, 0.25) is 5.91 Å². The molecule has 2 atom stereocenters. The van der Waals surface area contributed by atoms with Crippen LogP contribution in [-0.4, -0.2) is 47.0 Å². The van der Waals surface area contributed by atoms with Gasteiger partial charge in [-0.25, -0.2) is 9.59 Å². The topological polar surface area (TPSA) is 113 Å². The summed E-state index contributed by atoms with van der Waals surface area (Å²) in [5.74, 6) is -1.54. The van der Waals surface area contributed by atoms with Gasteiger partial charge in [0.25, 0.3) is 0 Å². The molecule has 1 heterocycles. The molecule has 1 saturated heterocycles. The van der Waals surface area contributed by atoms with Crippen molar-refractivity contribution in [2.75, 3.05) is 13.1 Å². The Balaban J connectivity index is 2.51. The number of hydrogen-bond donors (Lipinski definition) is 3. The number of rotatable bonds is 5. The number of nitrogens with two attached hydrogens (primary N) is 1. The predicted octanol–water partition coefficient (Wildman–Crippen LogP) is -0.243. The van der Waals surface area contributed by atoms with Crippen LogP contribution in [0.3, 0.4) is 0 Å². The van der Waals surface area contributed by atoms with Crippen molar-refractivity contribution in [2.24, 2.45) is 11.7 Å². The molecule has 1 rings (SSSR count). The molecule has 18 heavy (non-hydrogen) atoms. The van der Waals surface area contributed by atoms with Gasteiger partial charge in [-0.2, -0.15) is 0 Å². The highest BCUT2D eigenvalue weighted by molar-refractivity contribution is 5.87. The molecule has 0 radical (unpaired) electrons. The Morgan fingerprint density at radius 2 is 2.17 bits per heavy atom. The fourth-order valence-corrected chi connectivity index (χ4v) is 1.99. The molecule has 0 aromatic heterocycles. The van der Waals surface area contributed by atoms with Gasteiger partial charge in [-0.05, 0) is 12.3 Å². The third kappa shape index (κ3) is 3.90. The number of nitrogens with zero attached hydrogens (tertiary/aromatic N) is 1. The minimum absolute atomic E-state index is 0.397. The molecule has 1 fully saturated rings. The van der Waals surface area contributed by atoms with Crippen molar-refractivity contribution in [1.29, 1.82) is 0 Å².